The molecule has 1 heterocycles. The second kappa shape index (κ2) is 6.59. The quantitative estimate of drug-likeness (QED) is 0.914. The van der Waals surface area contributed by atoms with Crippen molar-refractivity contribution in [2.75, 3.05) is 25.1 Å². The molecule has 128 valence electrons. The van der Waals surface area contributed by atoms with Crippen molar-refractivity contribution in [3.8, 4) is 0 Å². The van der Waals surface area contributed by atoms with Crippen LogP contribution in [-0.4, -0.2) is 44.4 Å². The predicted octanol–water partition coefficient (Wildman–Crippen LogP) is 2.08. The van der Waals surface area contributed by atoms with Gasteiger partial charge in [-0.3, -0.25) is 4.79 Å². The van der Waals surface area contributed by atoms with E-state index < -0.39 is 15.4 Å². The van der Waals surface area contributed by atoms with Gasteiger partial charge in [0.2, 0.25) is 15.9 Å². The number of morpholine rings is 1. The second-order valence-electron chi connectivity index (χ2n) is 6.77. The number of nitrogens with zero attached hydrogens (tertiary/aromatic N) is 1. The van der Waals surface area contributed by atoms with Crippen molar-refractivity contribution in [3.63, 3.8) is 0 Å². The third-order valence-corrected chi connectivity index (χ3v) is 5.70. The second-order valence-corrected chi connectivity index (χ2v) is 8.66. The molecule has 0 aliphatic carbocycles. The van der Waals surface area contributed by atoms with E-state index in [0.29, 0.717) is 25.4 Å². The fraction of sp³-hybridized carbons (Fsp3) is 0.562. The standard InChI is InChI=1S/C16H24N2O4S/c1-12-11-22-9-8-18(12)23(20,21)14-7-5-6-13(10-14)17-15(19)16(2,3)4/h5-7,10,12H,8-9,11H2,1-4H3,(H,17,19). The summed E-state index contributed by atoms with van der Waals surface area (Å²) in [4.78, 5) is 12.2. The first-order chi connectivity index (χ1) is 10.6. The highest BCUT2D eigenvalue weighted by Crippen LogP contribution is 2.24. The van der Waals surface area contributed by atoms with Gasteiger partial charge in [-0.15, -0.1) is 0 Å². The number of amides is 1. The Kier molecular flexibility index (Phi) is 5.13. The number of ether oxygens (including phenoxy) is 1. The zero-order valence-electron chi connectivity index (χ0n) is 14.0. The van der Waals surface area contributed by atoms with E-state index in [2.05, 4.69) is 5.32 Å². The van der Waals surface area contributed by atoms with Crippen molar-refractivity contribution in [1.29, 1.82) is 0 Å². The summed E-state index contributed by atoms with van der Waals surface area (Å²) in [7, 11) is -3.60. The molecular weight excluding hydrogens is 316 g/mol. The molecule has 1 unspecified atom stereocenters. The number of sulfonamides is 1. The zero-order valence-corrected chi connectivity index (χ0v) is 14.8. The van der Waals surface area contributed by atoms with E-state index in [-0.39, 0.29) is 16.8 Å². The largest absolute Gasteiger partial charge is 0.378 e. The molecule has 1 aromatic carbocycles. The van der Waals surface area contributed by atoms with Gasteiger partial charge in [0.25, 0.3) is 0 Å². The summed E-state index contributed by atoms with van der Waals surface area (Å²) in [5.74, 6) is -0.160. The smallest absolute Gasteiger partial charge is 0.243 e. The minimum absolute atomic E-state index is 0.160. The van der Waals surface area contributed by atoms with Crippen molar-refractivity contribution in [3.05, 3.63) is 24.3 Å². The minimum Gasteiger partial charge on any atom is -0.378 e. The van der Waals surface area contributed by atoms with E-state index >= 15 is 0 Å². The third-order valence-electron chi connectivity index (χ3n) is 3.69. The Morgan fingerprint density at radius 1 is 1.35 bits per heavy atom. The molecule has 1 atom stereocenters. The Hall–Kier alpha value is -1.44. The van der Waals surface area contributed by atoms with Crippen molar-refractivity contribution < 1.29 is 17.9 Å². The van der Waals surface area contributed by atoms with Crippen LogP contribution in [0.5, 0.6) is 0 Å². The number of rotatable bonds is 3. The van der Waals surface area contributed by atoms with Crippen molar-refractivity contribution >= 4 is 21.6 Å². The lowest BCUT2D eigenvalue weighted by Crippen LogP contribution is -2.46. The topological polar surface area (TPSA) is 75.7 Å². The monoisotopic (exact) mass is 340 g/mol. The SMILES string of the molecule is CC1COCCN1S(=O)(=O)c1cccc(NC(=O)C(C)(C)C)c1. The number of hydrogen-bond acceptors (Lipinski definition) is 4. The van der Waals surface area contributed by atoms with Crippen LogP contribution in [0.25, 0.3) is 0 Å². The maximum absolute atomic E-state index is 12.8. The molecule has 1 saturated heterocycles. The number of hydrogen-bond donors (Lipinski definition) is 1. The summed E-state index contributed by atoms with van der Waals surface area (Å²) in [5.41, 5.74) is -0.0694. The van der Waals surface area contributed by atoms with Crippen LogP contribution >= 0.6 is 0 Å². The Morgan fingerprint density at radius 3 is 2.65 bits per heavy atom. The first kappa shape index (κ1) is 17.9. The molecule has 0 aromatic heterocycles. The molecular formula is C16H24N2O4S. The molecule has 1 amide bonds. The third kappa shape index (κ3) is 4.10. The van der Waals surface area contributed by atoms with E-state index in [9.17, 15) is 13.2 Å². The Balaban J connectivity index is 2.26. The van der Waals surface area contributed by atoms with Crippen LogP contribution in [0.1, 0.15) is 27.7 Å². The molecule has 1 aromatic rings. The molecule has 1 aliphatic rings. The summed E-state index contributed by atoms with van der Waals surface area (Å²) < 4.78 is 32.3. The minimum atomic E-state index is -3.60. The summed E-state index contributed by atoms with van der Waals surface area (Å²) in [6.07, 6.45) is 0. The maximum Gasteiger partial charge on any atom is 0.243 e. The van der Waals surface area contributed by atoms with Gasteiger partial charge in [-0.2, -0.15) is 4.31 Å². The van der Waals surface area contributed by atoms with Gasteiger partial charge in [-0.25, -0.2) is 8.42 Å². The van der Waals surface area contributed by atoms with Crippen LogP contribution in [-0.2, 0) is 19.6 Å². The molecule has 0 bridgehead atoms. The molecule has 1 fully saturated rings. The number of nitrogens with one attached hydrogen (secondary N) is 1. The van der Waals surface area contributed by atoms with Crippen molar-refractivity contribution in [2.45, 2.75) is 38.6 Å². The van der Waals surface area contributed by atoms with Gasteiger partial charge in [0.05, 0.1) is 18.1 Å². The first-order valence-electron chi connectivity index (χ1n) is 7.63. The lowest BCUT2D eigenvalue weighted by atomic mass is 9.95. The summed E-state index contributed by atoms with van der Waals surface area (Å²) >= 11 is 0. The van der Waals surface area contributed by atoms with Crippen LogP contribution < -0.4 is 5.32 Å². The molecule has 1 aliphatic heterocycles. The fourth-order valence-corrected chi connectivity index (χ4v) is 3.90. The van der Waals surface area contributed by atoms with Gasteiger partial charge in [0.1, 0.15) is 0 Å². The van der Waals surface area contributed by atoms with Crippen LogP contribution in [0.15, 0.2) is 29.2 Å². The lowest BCUT2D eigenvalue weighted by Gasteiger charge is -2.32. The average Bonchev–Trinajstić information content (AvgIpc) is 2.47. The summed E-state index contributed by atoms with van der Waals surface area (Å²) in [5, 5.41) is 2.76. The van der Waals surface area contributed by atoms with Gasteiger partial charge in [0, 0.05) is 23.7 Å². The van der Waals surface area contributed by atoms with Gasteiger partial charge >= 0.3 is 0 Å². The number of benzene rings is 1. The fourth-order valence-electron chi connectivity index (χ4n) is 2.26. The molecule has 0 radical (unpaired) electrons. The van der Waals surface area contributed by atoms with Crippen LogP contribution in [0.3, 0.4) is 0 Å². The summed E-state index contributed by atoms with van der Waals surface area (Å²) in [6, 6.07) is 6.16. The van der Waals surface area contributed by atoms with Gasteiger partial charge in [0.15, 0.2) is 0 Å². The average molecular weight is 340 g/mol. The summed E-state index contributed by atoms with van der Waals surface area (Å²) in [6.45, 7) is 8.35. The Bertz CT molecular complexity index is 680. The van der Waals surface area contributed by atoms with E-state index in [4.69, 9.17) is 4.74 Å². The molecule has 0 spiro atoms. The number of anilines is 1. The highest BCUT2D eigenvalue weighted by molar-refractivity contribution is 7.89. The zero-order chi connectivity index (χ0) is 17.3. The predicted molar refractivity (Wildman–Crippen MR) is 88.7 cm³/mol. The molecule has 0 saturated carbocycles. The molecule has 1 N–H and O–H groups in total. The van der Waals surface area contributed by atoms with E-state index in [1.807, 2.05) is 6.92 Å². The molecule has 23 heavy (non-hydrogen) atoms. The lowest BCUT2D eigenvalue weighted by molar-refractivity contribution is -0.123. The van der Waals surface area contributed by atoms with Crippen LogP contribution in [0.2, 0.25) is 0 Å². The normalized spacial score (nSPS) is 20.3. The molecule has 6 nitrogen and oxygen atoms in total. The van der Waals surface area contributed by atoms with Crippen molar-refractivity contribution in [2.24, 2.45) is 5.41 Å². The van der Waals surface area contributed by atoms with E-state index in [1.165, 1.54) is 10.4 Å². The Labute approximate surface area is 137 Å². The number of carbonyl (C=O) groups excluding carboxylic acids is 1. The molecule has 2 rings (SSSR count). The number of carbonyl (C=O) groups is 1. The molecule has 7 heteroatoms. The highest BCUT2D eigenvalue weighted by atomic mass is 32.2. The maximum atomic E-state index is 12.8. The van der Waals surface area contributed by atoms with Gasteiger partial charge in [-0.1, -0.05) is 26.8 Å². The van der Waals surface area contributed by atoms with Crippen LogP contribution in [0.4, 0.5) is 5.69 Å². The highest BCUT2D eigenvalue weighted by Gasteiger charge is 2.31. The van der Waals surface area contributed by atoms with Gasteiger partial charge in [-0.05, 0) is 25.1 Å². The Morgan fingerprint density at radius 2 is 2.04 bits per heavy atom. The first-order valence-corrected chi connectivity index (χ1v) is 9.07. The van der Waals surface area contributed by atoms with Gasteiger partial charge < -0.3 is 10.1 Å². The van der Waals surface area contributed by atoms with E-state index in [0.717, 1.165) is 0 Å². The van der Waals surface area contributed by atoms with E-state index in [1.54, 1.807) is 39.0 Å². The van der Waals surface area contributed by atoms with Crippen LogP contribution in [0, 0.1) is 5.41 Å². The van der Waals surface area contributed by atoms with Crippen molar-refractivity contribution in [1.82, 2.24) is 4.31 Å².